The van der Waals surface area contributed by atoms with Gasteiger partial charge in [0.15, 0.2) is 17.5 Å². The van der Waals surface area contributed by atoms with Gasteiger partial charge in [0.2, 0.25) is 0 Å². The molecule has 4 nitrogen and oxygen atoms in total. The van der Waals surface area contributed by atoms with Gasteiger partial charge < -0.3 is 4.74 Å². The van der Waals surface area contributed by atoms with E-state index < -0.39 is 5.41 Å². The lowest BCUT2D eigenvalue weighted by molar-refractivity contribution is 0.436. The molecule has 1 spiro atoms. The summed E-state index contributed by atoms with van der Waals surface area (Å²) in [6, 6.07) is 70.2. The number of fused-ring (bicyclic) bond motifs is 9. The highest BCUT2D eigenvalue weighted by molar-refractivity contribution is 5.89. The third-order valence-corrected chi connectivity index (χ3v) is 11.2. The van der Waals surface area contributed by atoms with Gasteiger partial charge in [0, 0.05) is 27.8 Å². The molecule has 0 atom stereocenters. The van der Waals surface area contributed by atoms with Crippen molar-refractivity contribution in [1.29, 1.82) is 0 Å². The monoisotopic (exact) mass is 715 g/mol. The van der Waals surface area contributed by atoms with Gasteiger partial charge in [0.05, 0.1) is 5.41 Å². The summed E-state index contributed by atoms with van der Waals surface area (Å²) in [7, 11) is 0. The van der Waals surface area contributed by atoms with Crippen molar-refractivity contribution in [3.8, 4) is 79.0 Å². The lowest BCUT2D eigenvalue weighted by atomic mass is 9.66. The molecular weight excluding hydrogens is 683 g/mol. The fourth-order valence-corrected chi connectivity index (χ4v) is 8.67. The zero-order valence-electron chi connectivity index (χ0n) is 30.3. The van der Waals surface area contributed by atoms with Crippen molar-refractivity contribution in [3.63, 3.8) is 0 Å². The Morgan fingerprint density at radius 1 is 0.286 bits per heavy atom. The smallest absolute Gasteiger partial charge is 0.164 e. The molecule has 1 aliphatic heterocycles. The van der Waals surface area contributed by atoms with E-state index in [0.717, 1.165) is 56.0 Å². The van der Waals surface area contributed by atoms with Crippen molar-refractivity contribution in [2.45, 2.75) is 5.41 Å². The molecule has 0 unspecified atom stereocenters. The topological polar surface area (TPSA) is 47.9 Å². The second-order valence-corrected chi connectivity index (χ2v) is 14.3. The molecule has 1 aromatic heterocycles. The Hall–Kier alpha value is -7.43. The molecule has 11 rings (SSSR count). The molecule has 0 N–H and O–H groups in total. The van der Waals surface area contributed by atoms with Gasteiger partial charge in [-0.05, 0) is 62.7 Å². The Bertz CT molecular complexity index is 2890. The normalized spacial score (nSPS) is 12.9. The molecule has 1 aliphatic carbocycles. The number of aromatic nitrogens is 3. The van der Waals surface area contributed by atoms with Crippen LogP contribution in [-0.2, 0) is 5.41 Å². The van der Waals surface area contributed by atoms with Crippen molar-refractivity contribution in [2.24, 2.45) is 0 Å². The highest BCUT2D eigenvalue weighted by Gasteiger charge is 2.50. The molecule has 4 heteroatoms. The summed E-state index contributed by atoms with van der Waals surface area (Å²) in [5.41, 5.74) is 14.1. The first kappa shape index (κ1) is 32.0. The minimum Gasteiger partial charge on any atom is -0.457 e. The second-order valence-electron chi connectivity index (χ2n) is 14.3. The SMILES string of the molecule is c1ccc(-c2cccc(-c3nc(-c4ccccc4)nc(-c4ccc(-c5ccc6c(c5)Oc5ccccc5C65c6ccccc6-c6ccccc65)cc4)n3)c2)cc1. The summed E-state index contributed by atoms with van der Waals surface area (Å²) in [6.07, 6.45) is 0. The van der Waals surface area contributed by atoms with E-state index in [2.05, 4.69) is 164 Å². The first-order valence-corrected chi connectivity index (χ1v) is 18.9. The van der Waals surface area contributed by atoms with E-state index >= 15 is 0 Å². The van der Waals surface area contributed by atoms with E-state index in [1.807, 2.05) is 36.4 Å². The van der Waals surface area contributed by atoms with E-state index in [0.29, 0.717) is 17.5 Å². The Kier molecular flexibility index (Phi) is 7.36. The predicted molar refractivity (Wildman–Crippen MR) is 224 cm³/mol. The molecule has 0 amide bonds. The van der Waals surface area contributed by atoms with Gasteiger partial charge in [-0.15, -0.1) is 0 Å². The van der Waals surface area contributed by atoms with Crippen LogP contribution in [0, 0.1) is 0 Å². The molecule has 0 fully saturated rings. The van der Waals surface area contributed by atoms with Gasteiger partial charge >= 0.3 is 0 Å². The number of nitrogens with zero attached hydrogens (tertiary/aromatic N) is 3. The summed E-state index contributed by atoms with van der Waals surface area (Å²) in [5, 5.41) is 0. The molecule has 0 saturated heterocycles. The Labute approximate surface area is 325 Å². The number of ether oxygens (including phenoxy) is 1. The van der Waals surface area contributed by atoms with Crippen LogP contribution in [0.5, 0.6) is 11.5 Å². The van der Waals surface area contributed by atoms with Gasteiger partial charge in [0.25, 0.3) is 0 Å². The number of benzene rings is 8. The van der Waals surface area contributed by atoms with Gasteiger partial charge in [-0.3, -0.25) is 0 Å². The molecule has 56 heavy (non-hydrogen) atoms. The molecule has 8 aromatic carbocycles. The maximum atomic E-state index is 6.77. The highest BCUT2D eigenvalue weighted by Crippen LogP contribution is 2.62. The number of rotatable bonds is 5. The fraction of sp³-hybridized carbons (Fsp3) is 0.0192. The van der Waals surface area contributed by atoms with Crippen molar-refractivity contribution < 1.29 is 4.74 Å². The average molecular weight is 716 g/mol. The van der Waals surface area contributed by atoms with Gasteiger partial charge in [-0.25, -0.2) is 15.0 Å². The maximum absolute atomic E-state index is 6.77. The van der Waals surface area contributed by atoms with Crippen LogP contribution in [0.3, 0.4) is 0 Å². The highest BCUT2D eigenvalue weighted by atomic mass is 16.5. The molecule has 0 radical (unpaired) electrons. The van der Waals surface area contributed by atoms with Crippen LogP contribution < -0.4 is 4.74 Å². The van der Waals surface area contributed by atoms with Crippen molar-refractivity contribution in [3.05, 3.63) is 222 Å². The van der Waals surface area contributed by atoms with Crippen molar-refractivity contribution in [1.82, 2.24) is 15.0 Å². The molecule has 0 saturated carbocycles. The first-order valence-electron chi connectivity index (χ1n) is 18.9. The molecule has 9 aromatic rings. The van der Waals surface area contributed by atoms with Crippen LogP contribution in [0.4, 0.5) is 0 Å². The third kappa shape index (κ3) is 5.04. The maximum Gasteiger partial charge on any atom is 0.164 e. The van der Waals surface area contributed by atoms with Crippen LogP contribution in [0.2, 0.25) is 0 Å². The van der Waals surface area contributed by atoms with Crippen LogP contribution in [0.25, 0.3) is 67.5 Å². The standard InChI is InChI=1S/C52H33N3O/c1-3-14-34(15-4-1)38-18-13-19-40(32-38)51-54-49(36-16-5-2-6-17-36)53-50(55-51)37-28-26-35(27-29-37)39-30-31-46-48(33-39)56-47-25-12-11-24-45(47)52(46)43-22-9-7-20-41(43)42-21-8-10-23-44(42)52/h1-33H. The minimum absolute atomic E-state index is 0.479. The van der Waals surface area contributed by atoms with Gasteiger partial charge in [-0.1, -0.05) is 182 Å². The minimum atomic E-state index is -0.479. The number of para-hydroxylation sites is 1. The fourth-order valence-electron chi connectivity index (χ4n) is 8.67. The van der Waals surface area contributed by atoms with E-state index in [9.17, 15) is 0 Å². The van der Waals surface area contributed by atoms with Crippen LogP contribution >= 0.6 is 0 Å². The first-order chi connectivity index (χ1) is 27.7. The summed E-state index contributed by atoms with van der Waals surface area (Å²) < 4.78 is 6.77. The molecule has 2 heterocycles. The quantitative estimate of drug-likeness (QED) is 0.178. The summed E-state index contributed by atoms with van der Waals surface area (Å²) in [5.74, 6) is 3.64. The zero-order valence-corrected chi connectivity index (χ0v) is 30.3. The predicted octanol–water partition coefficient (Wildman–Crippen LogP) is 12.7. The summed E-state index contributed by atoms with van der Waals surface area (Å²) >= 11 is 0. The van der Waals surface area contributed by atoms with E-state index in [1.165, 1.54) is 27.8 Å². The molecular formula is C52H33N3O. The Morgan fingerprint density at radius 2 is 0.714 bits per heavy atom. The van der Waals surface area contributed by atoms with Crippen LogP contribution in [-0.4, -0.2) is 15.0 Å². The van der Waals surface area contributed by atoms with Gasteiger partial charge in [-0.2, -0.15) is 0 Å². The molecule has 2 aliphatic rings. The van der Waals surface area contributed by atoms with E-state index in [1.54, 1.807) is 0 Å². The number of hydrogen-bond acceptors (Lipinski definition) is 4. The lowest BCUT2D eigenvalue weighted by Crippen LogP contribution is -2.32. The zero-order chi connectivity index (χ0) is 37.1. The lowest BCUT2D eigenvalue weighted by Gasteiger charge is -2.39. The largest absolute Gasteiger partial charge is 0.457 e. The Morgan fingerprint density at radius 3 is 1.39 bits per heavy atom. The van der Waals surface area contributed by atoms with E-state index in [4.69, 9.17) is 19.7 Å². The van der Waals surface area contributed by atoms with E-state index in [-0.39, 0.29) is 0 Å². The number of hydrogen-bond donors (Lipinski definition) is 0. The Balaban J connectivity index is 0.998. The van der Waals surface area contributed by atoms with Crippen molar-refractivity contribution in [2.75, 3.05) is 0 Å². The molecule has 262 valence electrons. The summed E-state index contributed by atoms with van der Waals surface area (Å²) in [4.78, 5) is 15.0. The third-order valence-electron chi connectivity index (χ3n) is 11.2. The summed E-state index contributed by atoms with van der Waals surface area (Å²) in [6.45, 7) is 0. The van der Waals surface area contributed by atoms with Gasteiger partial charge in [0.1, 0.15) is 11.5 Å². The second kappa shape index (κ2) is 12.9. The van der Waals surface area contributed by atoms with Crippen LogP contribution in [0.1, 0.15) is 22.3 Å². The van der Waals surface area contributed by atoms with Crippen LogP contribution in [0.15, 0.2) is 200 Å². The average Bonchev–Trinajstić information content (AvgIpc) is 3.57. The van der Waals surface area contributed by atoms with Crippen molar-refractivity contribution >= 4 is 0 Å². The molecule has 0 bridgehead atoms.